The Morgan fingerprint density at radius 1 is 0.951 bits per heavy atom. The summed E-state index contributed by atoms with van der Waals surface area (Å²) >= 11 is 0. The molecule has 1 fully saturated rings. The first kappa shape index (κ1) is 29.3. The number of aromatic nitrogens is 1. The van der Waals surface area contributed by atoms with Crippen molar-refractivity contribution in [3.63, 3.8) is 0 Å². The summed E-state index contributed by atoms with van der Waals surface area (Å²) in [6.45, 7) is 0.231. The van der Waals surface area contributed by atoms with E-state index in [1.807, 2.05) is 24.3 Å². The number of rotatable bonds is 12. The Bertz CT molecular complexity index is 1420. The molecule has 0 bridgehead atoms. The van der Waals surface area contributed by atoms with Gasteiger partial charge < -0.3 is 36.5 Å². The number of fused-ring (bicyclic) bond motifs is 1. The maximum absolute atomic E-state index is 13.9. The molecule has 0 spiro atoms. The first-order chi connectivity index (χ1) is 19.6. The number of carbonyl (C=O) groups is 5. The number of nitrogens with two attached hydrogens (primary N) is 1. The van der Waals surface area contributed by atoms with Gasteiger partial charge in [-0.25, -0.2) is 4.79 Å². The summed E-state index contributed by atoms with van der Waals surface area (Å²) < 4.78 is 0. The number of aromatic amines is 1. The number of carboxylic acid groups (broad SMARTS) is 2. The van der Waals surface area contributed by atoms with Crippen LogP contribution >= 0.6 is 0 Å². The van der Waals surface area contributed by atoms with Gasteiger partial charge in [0.2, 0.25) is 17.7 Å². The fraction of sp³-hybridized carbons (Fsp3) is 0.345. The molecule has 3 amide bonds. The zero-order valence-electron chi connectivity index (χ0n) is 22.3. The van der Waals surface area contributed by atoms with Crippen LogP contribution in [0.25, 0.3) is 10.9 Å². The molecule has 41 heavy (non-hydrogen) atoms. The van der Waals surface area contributed by atoms with Crippen LogP contribution < -0.4 is 16.4 Å². The molecule has 3 aromatic rings. The van der Waals surface area contributed by atoms with Crippen LogP contribution in [0.15, 0.2) is 60.8 Å². The molecule has 4 atom stereocenters. The summed E-state index contributed by atoms with van der Waals surface area (Å²) in [4.78, 5) is 67.4. The van der Waals surface area contributed by atoms with Crippen LogP contribution in [0.3, 0.4) is 0 Å². The normalized spacial score (nSPS) is 17.0. The van der Waals surface area contributed by atoms with Gasteiger partial charge in [0.15, 0.2) is 0 Å². The lowest BCUT2D eigenvalue weighted by Gasteiger charge is -2.30. The number of hydrogen-bond acceptors (Lipinski definition) is 6. The number of nitrogens with zero attached hydrogens (tertiary/aromatic N) is 1. The van der Waals surface area contributed by atoms with Crippen LogP contribution in [0.5, 0.6) is 0 Å². The van der Waals surface area contributed by atoms with E-state index >= 15 is 0 Å². The van der Waals surface area contributed by atoms with Gasteiger partial charge in [0, 0.05) is 36.5 Å². The summed E-state index contributed by atoms with van der Waals surface area (Å²) in [6.07, 6.45) is 2.07. The van der Waals surface area contributed by atoms with Gasteiger partial charge in [-0.1, -0.05) is 48.5 Å². The molecule has 0 saturated carbocycles. The molecule has 216 valence electrons. The van der Waals surface area contributed by atoms with Gasteiger partial charge in [0.1, 0.15) is 18.1 Å². The van der Waals surface area contributed by atoms with E-state index in [9.17, 15) is 29.1 Å². The Balaban J connectivity index is 1.54. The lowest BCUT2D eigenvalue weighted by Crippen LogP contribution is -2.57. The van der Waals surface area contributed by atoms with Gasteiger partial charge in [0.05, 0.1) is 12.5 Å². The number of hydrogen-bond donors (Lipinski definition) is 6. The molecular formula is C29H33N5O7. The lowest BCUT2D eigenvalue weighted by molar-refractivity contribution is -0.145. The number of amides is 3. The summed E-state index contributed by atoms with van der Waals surface area (Å²) in [5.74, 6) is -4.40. The Morgan fingerprint density at radius 3 is 2.37 bits per heavy atom. The highest BCUT2D eigenvalue weighted by molar-refractivity contribution is 5.96. The largest absolute Gasteiger partial charge is 0.481 e. The van der Waals surface area contributed by atoms with Crippen LogP contribution in [0, 0.1) is 0 Å². The molecule has 7 N–H and O–H groups in total. The number of H-pyrrole nitrogens is 1. The van der Waals surface area contributed by atoms with Crippen LogP contribution in [-0.2, 0) is 36.8 Å². The van der Waals surface area contributed by atoms with E-state index in [4.69, 9.17) is 10.8 Å². The second-order valence-corrected chi connectivity index (χ2v) is 10.1. The van der Waals surface area contributed by atoms with E-state index in [0.717, 1.165) is 22.0 Å². The van der Waals surface area contributed by atoms with E-state index in [0.29, 0.717) is 12.8 Å². The molecule has 1 aromatic heterocycles. The van der Waals surface area contributed by atoms with E-state index < -0.39 is 60.2 Å². The molecule has 1 aliphatic heterocycles. The summed E-state index contributed by atoms with van der Waals surface area (Å²) in [5.41, 5.74) is 8.07. The molecule has 2 heterocycles. The standard InChI is InChI=1S/C29H33N5O7/c30-20(15-25(35)36)26(37)32-22(14-18-16-31-21-10-5-4-9-19(18)21)28(39)34-12-6-11-24(34)27(38)33-23(29(40)41)13-17-7-2-1-3-8-17/h1-5,7-10,16,20,22-24,31H,6,11-15,30H2,(H,32,37)(H,33,38)(H,35,36)(H,40,41). The van der Waals surface area contributed by atoms with Crippen molar-refractivity contribution < 1.29 is 34.2 Å². The SMILES string of the molecule is NC(CC(=O)O)C(=O)NC(Cc1c[nH]c2ccccc12)C(=O)N1CCCC1C(=O)NC(Cc1ccccc1)C(=O)O. The first-order valence-electron chi connectivity index (χ1n) is 13.3. The van der Waals surface area contributed by atoms with E-state index in [-0.39, 0.29) is 19.4 Å². The molecule has 2 aromatic carbocycles. The minimum absolute atomic E-state index is 0.0605. The van der Waals surface area contributed by atoms with Crippen molar-refractivity contribution >= 4 is 40.6 Å². The van der Waals surface area contributed by atoms with Crippen molar-refractivity contribution in [1.82, 2.24) is 20.5 Å². The van der Waals surface area contributed by atoms with Crippen molar-refractivity contribution in [3.8, 4) is 0 Å². The number of carbonyl (C=O) groups excluding carboxylic acids is 3. The quantitative estimate of drug-likeness (QED) is 0.186. The smallest absolute Gasteiger partial charge is 0.326 e. The number of carboxylic acids is 2. The minimum atomic E-state index is -1.38. The van der Waals surface area contributed by atoms with Crippen molar-refractivity contribution in [2.75, 3.05) is 6.54 Å². The van der Waals surface area contributed by atoms with Gasteiger partial charge in [-0.3, -0.25) is 19.2 Å². The second kappa shape index (κ2) is 13.1. The highest BCUT2D eigenvalue weighted by Crippen LogP contribution is 2.23. The average Bonchev–Trinajstić information content (AvgIpc) is 3.60. The van der Waals surface area contributed by atoms with Gasteiger partial charge in [0.25, 0.3) is 0 Å². The third-order valence-corrected chi connectivity index (χ3v) is 7.18. The zero-order chi connectivity index (χ0) is 29.5. The predicted octanol–water partition coefficient (Wildman–Crippen LogP) is 0.800. The molecule has 12 nitrogen and oxygen atoms in total. The molecule has 4 unspecified atom stereocenters. The topological polar surface area (TPSA) is 195 Å². The van der Waals surface area contributed by atoms with Crippen LogP contribution in [-0.4, -0.2) is 80.5 Å². The molecule has 0 radical (unpaired) electrons. The van der Waals surface area contributed by atoms with Gasteiger partial charge in [-0.05, 0) is 30.0 Å². The third kappa shape index (κ3) is 7.28. The maximum atomic E-state index is 13.9. The fourth-order valence-electron chi connectivity index (χ4n) is 5.10. The summed E-state index contributed by atoms with van der Waals surface area (Å²) in [7, 11) is 0. The first-order valence-corrected chi connectivity index (χ1v) is 13.3. The Labute approximate surface area is 235 Å². The van der Waals surface area contributed by atoms with Crippen molar-refractivity contribution in [3.05, 3.63) is 71.9 Å². The van der Waals surface area contributed by atoms with E-state index in [1.165, 1.54) is 4.90 Å². The van der Waals surface area contributed by atoms with E-state index in [2.05, 4.69) is 15.6 Å². The highest BCUT2D eigenvalue weighted by Gasteiger charge is 2.39. The number of likely N-dealkylation sites (tertiary alicyclic amines) is 1. The Hall–Kier alpha value is -4.71. The number of para-hydroxylation sites is 1. The Kier molecular flexibility index (Phi) is 9.35. The number of nitrogens with one attached hydrogen (secondary N) is 3. The monoisotopic (exact) mass is 563 g/mol. The predicted molar refractivity (Wildman–Crippen MR) is 149 cm³/mol. The van der Waals surface area contributed by atoms with Crippen LogP contribution in [0.4, 0.5) is 0 Å². The Morgan fingerprint density at radius 2 is 1.66 bits per heavy atom. The second-order valence-electron chi connectivity index (χ2n) is 10.1. The molecule has 1 saturated heterocycles. The highest BCUT2D eigenvalue weighted by atomic mass is 16.4. The van der Waals surface area contributed by atoms with Gasteiger partial charge >= 0.3 is 11.9 Å². The number of aliphatic carboxylic acids is 2. The van der Waals surface area contributed by atoms with Crippen molar-refractivity contribution in [2.24, 2.45) is 5.73 Å². The molecule has 4 rings (SSSR count). The fourth-order valence-corrected chi connectivity index (χ4v) is 5.10. The van der Waals surface area contributed by atoms with Gasteiger partial charge in [-0.2, -0.15) is 0 Å². The summed E-state index contributed by atoms with van der Waals surface area (Å²) in [5, 5.41) is 24.8. The maximum Gasteiger partial charge on any atom is 0.326 e. The van der Waals surface area contributed by atoms with Crippen molar-refractivity contribution in [1.29, 1.82) is 0 Å². The molecule has 1 aliphatic rings. The van der Waals surface area contributed by atoms with Crippen molar-refractivity contribution in [2.45, 2.75) is 56.3 Å². The van der Waals surface area contributed by atoms with Crippen LogP contribution in [0.2, 0.25) is 0 Å². The van der Waals surface area contributed by atoms with Crippen LogP contribution in [0.1, 0.15) is 30.4 Å². The molecule has 0 aliphatic carbocycles. The summed E-state index contributed by atoms with van der Waals surface area (Å²) in [6, 6.07) is 11.7. The van der Waals surface area contributed by atoms with E-state index in [1.54, 1.807) is 36.5 Å². The average molecular weight is 564 g/mol. The lowest BCUT2D eigenvalue weighted by atomic mass is 10.0. The third-order valence-electron chi connectivity index (χ3n) is 7.18. The number of benzene rings is 2. The van der Waals surface area contributed by atoms with Gasteiger partial charge in [-0.15, -0.1) is 0 Å². The zero-order valence-corrected chi connectivity index (χ0v) is 22.3. The molecular weight excluding hydrogens is 530 g/mol. The molecule has 12 heteroatoms. The minimum Gasteiger partial charge on any atom is -0.481 e.